The highest BCUT2D eigenvalue weighted by molar-refractivity contribution is 5.23. The summed E-state index contributed by atoms with van der Waals surface area (Å²) in [6, 6.07) is 7.47. The smallest absolute Gasteiger partial charge is 0.123 e. The zero-order chi connectivity index (χ0) is 22.5. The van der Waals surface area contributed by atoms with E-state index in [0.29, 0.717) is 11.3 Å². The van der Waals surface area contributed by atoms with Gasteiger partial charge in [0.05, 0.1) is 0 Å². The lowest BCUT2D eigenvalue weighted by atomic mass is 9.66. The molecular weight excluding hydrogens is 391 g/mol. The molecule has 0 saturated heterocycles. The van der Waals surface area contributed by atoms with Crippen LogP contribution in [0.5, 0.6) is 0 Å². The molecule has 1 atom stereocenters. The number of benzene rings is 1. The minimum absolute atomic E-state index is 0.105. The Balaban J connectivity index is 1.58. The maximum Gasteiger partial charge on any atom is 0.123 e. The fourth-order valence-electron chi connectivity index (χ4n) is 6.39. The van der Waals surface area contributed by atoms with E-state index in [1.807, 2.05) is 0 Å². The average Bonchev–Trinajstić information content (AvgIpc) is 2.83. The fraction of sp³-hybridized carbons (Fsp3) is 0.742. The summed E-state index contributed by atoms with van der Waals surface area (Å²) >= 11 is 0. The van der Waals surface area contributed by atoms with Crippen molar-refractivity contribution in [1.82, 2.24) is 0 Å². The number of unbranched alkanes of at least 4 members (excludes halogenated alkanes) is 6. The normalized spacial score (nSPS) is 19.5. The third-order valence-corrected chi connectivity index (χ3v) is 8.48. The highest BCUT2D eigenvalue weighted by atomic mass is 19.1. The lowest BCUT2D eigenvalue weighted by Crippen LogP contribution is -2.25. The van der Waals surface area contributed by atoms with E-state index < -0.39 is 0 Å². The SMILES string of the molecule is CCCCCCCCCC1(CCC(CC2=CCCCC2)c2ccc(F)cc2)CCCCC1. The van der Waals surface area contributed by atoms with Crippen LogP contribution >= 0.6 is 0 Å². The summed E-state index contributed by atoms with van der Waals surface area (Å²) in [7, 11) is 0. The van der Waals surface area contributed by atoms with Gasteiger partial charge in [-0.25, -0.2) is 4.39 Å². The zero-order valence-corrected chi connectivity index (χ0v) is 21.0. The summed E-state index contributed by atoms with van der Waals surface area (Å²) in [4.78, 5) is 0. The maximum absolute atomic E-state index is 13.6. The standard InChI is InChI=1S/C31H49F/c1-2-3-4-5-6-7-12-22-31(23-13-9-14-24-31)25-21-29(26-27-15-10-8-11-16-27)28-17-19-30(32)20-18-28/h15,17-20,29H,2-14,16,21-26H2,1H3. The van der Waals surface area contributed by atoms with E-state index in [2.05, 4.69) is 25.1 Å². The van der Waals surface area contributed by atoms with Crippen molar-refractivity contribution in [2.75, 3.05) is 0 Å². The molecule has 0 amide bonds. The number of allylic oxidation sites excluding steroid dienone is 2. The van der Waals surface area contributed by atoms with Crippen molar-refractivity contribution in [1.29, 1.82) is 0 Å². The number of rotatable bonds is 14. The topological polar surface area (TPSA) is 0 Å². The lowest BCUT2D eigenvalue weighted by molar-refractivity contribution is 0.144. The van der Waals surface area contributed by atoms with E-state index in [0.717, 1.165) is 0 Å². The molecule has 1 unspecified atom stereocenters. The van der Waals surface area contributed by atoms with E-state index in [4.69, 9.17) is 0 Å². The first kappa shape index (κ1) is 25.5. The second kappa shape index (κ2) is 14.2. The van der Waals surface area contributed by atoms with E-state index in [9.17, 15) is 4.39 Å². The maximum atomic E-state index is 13.6. The Kier molecular flexibility index (Phi) is 11.3. The van der Waals surface area contributed by atoms with Crippen LogP contribution < -0.4 is 0 Å². The van der Waals surface area contributed by atoms with Crippen LogP contribution in [0.15, 0.2) is 35.9 Å². The lowest BCUT2D eigenvalue weighted by Gasteiger charge is -2.39. The number of hydrogen-bond acceptors (Lipinski definition) is 0. The molecular formula is C31H49F. The molecule has 1 aromatic rings. The van der Waals surface area contributed by atoms with Gasteiger partial charge in [0.1, 0.15) is 5.82 Å². The van der Waals surface area contributed by atoms with Crippen LogP contribution in [0.25, 0.3) is 0 Å². The molecule has 1 fully saturated rings. The van der Waals surface area contributed by atoms with Crippen LogP contribution in [0.2, 0.25) is 0 Å². The van der Waals surface area contributed by atoms with Crippen molar-refractivity contribution in [2.24, 2.45) is 5.41 Å². The summed E-state index contributed by atoms with van der Waals surface area (Å²) in [5.74, 6) is 0.458. The molecule has 1 saturated carbocycles. The Morgan fingerprint density at radius 1 is 0.812 bits per heavy atom. The molecule has 0 spiro atoms. The molecule has 0 N–H and O–H groups in total. The molecule has 32 heavy (non-hydrogen) atoms. The molecule has 1 aromatic carbocycles. The third-order valence-electron chi connectivity index (χ3n) is 8.48. The van der Waals surface area contributed by atoms with Gasteiger partial charge in [0.2, 0.25) is 0 Å². The predicted octanol–water partition coefficient (Wildman–Crippen LogP) is 10.7. The Bertz CT molecular complexity index is 650. The third kappa shape index (κ3) is 8.68. The van der Waals surface area contributed by atoms with Crippen molar-refractivity contribution in [3.63, 3.8) is 0 Å². The van der Waals surface area contributed by atoms with Gasteiger partial charge in [-0.15, -0.1) is 0 Å². The van der Waals surface area contributed by atoms with Gasteiger partial charge in [0, 0.05) is 0 Å². The summed E-state index contributed by atoms with van der Waals surface area (Å²) in [6.07, 6.45) is 30.1. The van der Waals surface area contributed by atoms with Gasteiger partial charge in [-0.1, -0.05) is 94.9 Å². The Hall–Kier alpha value is -1.11. The number of hydrogen-bond donors (Lipinski definition) is 0. The van der Waals surface area contributed by atoms with Crippen LogP contribution in [-0.4, -0.2) is 0 Å². The predicted molar refractivity (Wildman–Crippen MR) is 138 cm³/mol. The van der Waals surface area contributed by atoms with E-state index in [1.54, 1.807) is 17.7 Å². The molecule has 1 heteroatoms. The molecule has 2 aliphatic rings. The Morgan fingerprint density at radius 2 is 1.53 bits per heavy atom. The monoisotopic (exact) mass is 440 g/mol. The van der Waals surface area contributed by atoms with Gasteiger partial charge in [-0.3, -0.25) is 0 Å². The van der Waals surface area contributed by atoms with E-state index in [-0.39, 0.29) is 5.82 Å². The van der Waals surface area contributed by atoms with Crippen LogP contribution in [0, 0.1) is 11.2 Å². The molecule has 0 radical (unpaired) electrons. The second-order valence-corrected chi connectivity index (χ2v) is 11.0. The van der Waals surface area contributed by atoms with Gasteiger partial charge in [0.25, 0.3) is 0 Å². The van der Waals surface area contributed by atoms with Gasteiger partial charge < -0.3 is 0 Å². The first-order valence-corrected chi connectivity index (χ1v) is 14.1. The summed E-state index contributed by atoms with van der Waals surface area (Å²) < 4.78 is 13.6. The summed E-state index contributed by atoms with van der Waals surface area (Å²) in [6.45, 7) is 2.30. The van der Waals surface area contributed by atoms with E-state index >= 15 is 0 Å². The molecule has 180 valence electrons. The van der Waals surface area contributed by atoms with Gasteiger partial charge in [-0.05, 0) is 93.2 Å². The zero-order valence-electron chi connectivity index (χ0n) is 21.0. The first-order valence-electron chi connectivity index (χ1n) is 14.1. The van der Waals surface area contributed by atoms with Crippen LogP contribution in [0.3, 0.4) is 0 Å². The van der Waals surface area contributed by atoms with Gasteiger partial charge >= 0.3 is 0 Å². The second-order valence-electron chi connectivity index (χ2n) is 11.0. The molecule has 0 bridgehead atoms. The highest BCUT2D eigenvalue weighted by Crippen LogP contribution is 2.46. The first-order chi connectivity index (χ1) is 15.7. The Morgan fingerprint density at radius 3 is 2.22 bits per heavy atom. The summed E-state index contributed by atoms with van der Waals surface area (Å²) in [5, 5.41) is 0. The average molecular weight is 441 g/mol. The van der Waals surface area contributed by atoms with Crippen molar-refractivity contribution >= 4 is 0 Å². The molecule has 3 rings (SSSR count). The van der Waals surface area contributed by atoms with Crippen LogP contribution in [0.1, 0.15) is 147 Å². The summed E-state index contributed by atoms with van der Waals surface area (Å²) in [5.41, 5.74) is 3.61. The number of halogens is 1. The molecule has 0 nitrogen and oxygen atoms in total. The Labute approximate surface area is 198 Å². The van der Waals surface area contributed by atoms with Gasteiger partial charge in [-0.2, -0.15) is 0 Å². The van der Waals surface area contributed by atoms with Crippen LogP contribution in [0.4, 0.5) is 4.39 Å². The highest BCUT2D eigenvalue weighted by Gasteiger charge is 2.32. The van der Waals surface area contributed by atoms with E-state index in [1.165, 1.54) is 134 Å². The molecule has 0 aromatic heterocycles. The molecule has 0 aliphatic heterocycles. The minimum Gasteiger partial charge on any atom is -0.207 e. The van der Waals surface area contributed by atoms with Crippen molar-refractivity contribution in [3.8, 4) is 0 Å². The quantitative estimate of drug-likeness (QED) is 0.199. The van der Waals surface area contributed by atoms with Crippen LogP contribution in [-0.2, 0) is 0 Å². The largest absolute Gasteiger partial charge is 0.207 e. The molecule has 2 aliphatic carbocycles. The van der Waals surface area contributed by atoms with Crippen molar-refractivity contribution in [2.45, 2.75) is 141 Å². The van der Waals surface area contributed by atoms with Gasteiger partial charge in [0.15, 0.2) is 0 Å². The van der Waals surface area contributed by atoms with Crippen molar-refractivity contribution in [3.05, 3.63) is 47.3 Å². The van der Waals surface area contributed by atoms with Crippen molar-refractivity contribution < 1.29 is 4.39 Å². The molecule has 0 heterocycles. The fourth-order valence-corrected chi connectivity index (χ4v) is 6.39. The minimum atomic E-state index is -0.105.